The van der Waals surface area contributed by atoms with Gasteiger partial charge in [0.05, 0.1) is 12.3 Å². The van der Waals surface area contributed by atoms with Gasteiger partial charge in [0.2, 0.25) is 5.91 Å². The number of rotatable bonds is 4. The first-order chi connectivity index (χ1) is 10.2. The maximum Gasteiger partial charge on any atom is 0.226 e. The van der Waals surface area contributed by atoms with Gasteiger partial charge in [-0.05, 0) is 31.4 Å². The average molecular weight is 288 g/mol. The molecule has 0 radical (unpaired) electrons. The average Bonchev–Trinajstić information content (AvgIpc) is 3.25. The lowest BCUT2D eigenvalue weighted by Gasteiger charge is -2.36. The molecule has 2 fully saturated rings. The number of amides is 1. The van der Waals surface area contributed by atoms with Gasteiger partial charge in [-0.25, -0.2) is 0 Å². The van der Waals surface area contributed by atoms with Crippen molar-refractivity contribution in [2.75, 3.05) is 37.7 Å². The van der Waals surface area contributed by atoms with Crippen LogP contribution in [0.5, 0.6) is 5.75 Å². The number of anilines is 1. The minimum absolute atomic E-state index is 0.298. The lowest BCUT2D eigenvalue weighted by molar-refractivity contribution is -0.133. The third kappa shape index (κ3) is 2.99. The van der Waals surface area contributed by atoms with Gasteiger partial charge in [0, 0.05) is 32.1 Å². The second-order valence-corrected chi connectivity index (χ2v) is 6.03. The second-order valence-electron chi connectivity index (χ2n) is 6.03. The molecule has 0 N–H and O–H groups in total. The van der Waals surface area contributed by atoms with Crippen molar-refractivity contribution in [1.82, 2.24) is 4.90 Å². The molecule has 4 nitrogen and oxygen atoms in total. The van der Waals surface area contributed by atoms with Crippen LogP contribution in [0.3, 0.4) is 0 Å². The van der Waals surface area contributed by atoms with Gasteiger partial charge in [-0.3, -0.25) is 4.79 Å². The largest absolute Gasteiger partial charge is 0.492 e. The molecule has 1 saturated carbocycles. The van der Waals surface area contributed by atoms with E-state index in [0.717, 1.165) is 44.0 Å². The minimum atomic E-state index is 0.298. The Morgan fingerprint density at radius 1 is 1.24 bits per heavy atom. The molecule has 1 aliphatic heterocycles. The zero-order valence-electron chi connectivity index (χ0n) is 12.9. The molecule has 3 rings (SSSR count). The fraction of sp³-hybridized carbons (Fsp3) is 0.588. The van der Waals surface area contributed by atoms with Gasteiger partial charge in [-0.2, -0.15) is 0 Å². The third-order valence-electron chi connectivity index (χ3n) is 4.52. The van der Waals surface area contributed by atoms with Crippen molar-refractivity contribution in [3.05, 3.63) is 24.3 Å². The van der Waals surface area contributed by atoms with Crippen LogP contribution in [0.15, 0.2) is 24.3 Å². The number of para-hydroxylation sites is 2. The van der Waals surface area contributed by atoms with Crippen molar-refractivity contribution in [3.8, 4) is 5.75 Å². The summed E-state index contributed by atoms with van der Waals surface area (Å²) in [6.45, 7) is 8.26. The van der Waals surface area contributed by atoms with Crippen LogP contribution in [-0.4, -0.2) is 43.6 Å². The van der Waals surface area contributed by atoms with Crippen molar-refractivity contribution in [1.29, 1.82) is 0 Å². The number of piperazine rings is 1. The molecular weight excluding hydrogens is 264 g/mol. The van der Waals surface area contributed by atoms with E-state index >= 15 is 0 Å². The predicted octanol–water partition coefficient (Wildman–Crippen LogP) is 2.39. The highest BCUT2D eigenvalue weighted by Gasteiger charge is 2.42. The van der Waals surface area contributed by atoms with Gasteiger partial charge in [-0.1, -0.05) is 19.1 Å². The molecule has 1 aromatic carbocycles. The summed E-state index contributed by atoms with van der Waals surface area (Å²) in [5, 5.41) is 0. The molecule has 1 aliphatic carbocycles. The maximum atomic E-state index is 12.3. The highest BCUT2D eigenvalue weighted by molar-refractivity contribution is 5.82. The molecule has 0 bridgehead atoms. The minimum Gasteiger partial charge on any atom is -0.492 e. The number of hydrogen-bond donors (Lipinski definition) is 0. The molecule has 0 spiro atoms. The van der Waals surface area contributed by atoms with Gasteiger partial charge < -0.3 is 14.5 Å². The third-order valence-corrected chi connectivity index (χ3v) is 4.52. The van der Waals surface area contributed by atoms with Crippen LogP contribution in [0.2, 0.25) is 0 Å². The van der Waals surface area contributed by atoms with Gasteiger partial charge >= 0.3 is 0 Å². The number of ether oxygens (including phenoxy) is 1. The Kier molecular flexibility index (Phi) is 4.04. The van der Waals surface area contributed by atoms with Crippen LogP contribution in [0.25, 0.3) is 0 Å². The standard InChI is InChI=1S/C17H24N2O2/c1-3-21-16-7-5-4-6-15(16)18-8-10-19(11-9-18)17(20)14-12-13(14)2/h4-7,13-14H,3,8-12H2,1-2H3. The summed E-state index contributed by atoms with van der Waals surface area (Å²) in [6, 6.07) is 8.16. The molecule has 2 atom stereocenters. The molecule has 114 valence electrons. The lowest BCUT2D eigenvalue weighted by Crippen LogP contribution is -2.49. The van der Waals surface area contributed by atoms with Crippen molar-refractivity contribution < 1.29 is 9.53 Å². The van der Waals surface area contributed by atoms with Crippen molar-refractivity contribution in [2.24, 2.45) is 11.8 Å². The Labute approximate surface area is 126 Å². The molecule has 2 unspecified atom stereocenters. The quantitative estimate of drug-likeness (QED) is 0.853. The summed E-state index contributed by atoms with van der Waals surface area (Å²) in [6.07, 6.45) is 1.08. The van der Waals surface area contributed by atoms with E-state index in [-0.39, 0.29) is 0 Å². The van der Waals surface area contributed by atoms with Crippen LogP contribution in [0.4, 0.5) is 5.69 Å². The molecule has 1 saturated heterocycles. The first-order valence-corrected chi connectivity index (χ1v) is 7.96. The van der Waals surface area contributed by atoms with E-state index in [1.165, 1.54) is 0 Å². The molecule has 1 aromatic rings. The predicted molar refractivity (Wildman–Crippen MR) is 83.7 cm³/mol. The van der Waals surface area contributed by atoms with Crippen LogP contribution in [0.1, 0.15) is 20.3 Å². The van der Waals surface area contributed by atoms with Crippen molar-refractivity contribution in [2.45, 2.75) is 20.3 Å². The Morgan fingerprint density at radius 2 is 1.90 bits per heavy atom. The van der Waals surface area contributed by atoms with Crippen LogP contribution >= 0.6 is 0 Å². The number of benzene rings is 1. The summed E-state index contributed by atoms with van der Waals surface area (Å²) in [5.74, 6) is 2.19. The first-order valence-electron chi connectivity index (χ1n) is 7.96. The molecule has 4 heteroatoms. The van der Waals surface area contributed by atoms with Crippen LogP contribution in [-0.2, 0) is 4.79 Å². The first kappa shape index (κ1) is 14.2. The van der Waals surface area contributed by atoms with Crippen LogP contribution < -0.4 is 9.64 Å². The highest BCUT2D eigenvalue weighted by atomic mass is 16.5. The number of carbonyl (C=O) groups is 1. The molecule has 1 heterocycles. The highest BCUT2D eigenvalue weighted by Crippen LogP contribution is 2.39. The number of hydrogen-bond acceptors (Lipinski definition) is 3. The SMILES string of the molecule is CCOc1ccccc1N1CCN(C(=O)C2CC2C)CC1. The number of nitrogens with zero attached hydrogens (tertiary/aromatic N) is 2. The summed E-state index contributed by atoms with van der Waals surface area (Å²) in [4.78, 5) is 16.6. The topological polar surface area (TPSA) is 32.8 Å². The Morgan fingerprint density at radius 3 is 2.52 bits per heavy atom. The summed E-state index contributed by atoms with van der Waals surface area (Å²) in [5.41, 5.74) is 1.14. The van der Waals surface area contributed by atoms with Crippen LogP contribution in [0, 0.1) is 11.8 Å². The van der Waals surface area contributed by atoms with E-state index in [4.69, 9.17) is 4.74 Å². The molecule has 1 amide bonds. The van der Waals surface area contributed by atoms with E-state index in [0.29, 0.717) is 24.3 Å². The second kappa shape index (κ2) is 5.96. The van der Waals surface area contributed by atoms with Gasteiger partial charge in [0.25, 0.3) is 0 Å². The van der Waals surface area contributed by atoms with Gasteiger partial charge in [-0.15, -0.1) is 0 Å². The normalized spacial score (nSPS) is 24.9. The van der Waals surface area contributed by atoms with Crippen molar-refractivity contribution in [3.63, 3.8) is 0 Å². The monoisotopic (exact) mass is 288 g/mol. The van der Waals surface area contributed by atoms with Gasteiger partial charge in [0.1, 0.15) is 5.75 Å². The maximum absolute atomic E-state index is 12.3. The number of carbonyl (C=O) groups excluding carboxylic acids is 1. The van der Waals surface area contributed by atoms with E-state index in [1.54, 1.807) is 0 Å². The fourth-order valence-corrected chi connectivity index (χ4v) is 3.06. The lowest BCUT2D eigenvalue weighted by atomic mass is 10.2. The molecule has 21 heavy (non-hydrogen) atoms. The fourth-order valence-electron chi connectivity index (χ4n) is 3.06. The Balaban J connectivity index is 1.62. The van der Waals surface area contributed by atoms with E-state index in [2.05, 4.69) is 17.9 Å². The Bertz CT molecular complexity index is 509. The zero-order chi connectivity index (χ0) is 14.8. The zero-order valence-corrected chi connectivity index (χ0v) is 12.9. The smallest absolute Gasteiger partial charge is 0.226 e. The van der Waals surface area contributed by atoms with Gasteiger partial charge in [0.15, 0.2) is 0 Å². The molecule has 0 aromatic heterocycles. The molecular formula is C17H24N2O2. The van der Waals surface area contributed by atoms with E-state index in [9.17, 15) is 4.79 Å². The summed E-state index contributed by atoms with van der Waals surface area (Å²) >= 11 is 0. The molecule has 2 aliphatic rings. The van der Waals surface area contributed by atoms with Crippen molar-refractivity contribution >= 4 is 11.6 Å². The van der Waals surface area contributed by atoms with E-state index in [1.807, 2.05) is 30.0 Å². The van der Waals surface area contributed by atoms with E-state index < -0.39 is 0 Å². The summed E-state index contributed by atoms with van der Waals surface area (Å²) in [7, 11) is 0. The summed E-state index contributed by atoms with van der Waals surface area (Å²) < 4.78 is 5.70. The Hall–Kier alpha value is -1.71.